The first-order valence-corrected chi connectivity index (χ1v) is 7.32. The first kappa shape index (κ1) is 18.1. The van der Waals surface area contributed by atoms with E-state index in [0.717, 1.165) is 37.1 Å². The van der Waals surface area contributed by atoms with Crippen LogP contribution in [0, 0.1) is 5.92 Å². The molecule has 21 heavy (non-hydrogen) atoms. The van der Waals surface area contributed by atoms with Crippen molar-refractivity contribution in [1.82, 2.24) is 10.2 Å². The van der Waals surface area contributed by atoms with Crippen molar-refractivity contribution >= 4 is 12.4 Å². The molecule has 1 saturated heterocycles. The molecule has 1 aliphatic rings. The molecule has 1 aromatic rings. The third kappa shape index (κ3) is 5.73. The van der Waals surface area contributed by atoms with Gasteiger partial charge in [-0.2, -0.15) is 0 Å². The van der Waals surface area contributed by atoms with Crippen molar-refractivity contribution in [3.05, 3.63) is 23.8 Å². The summed E-state index contributed by atoms with van der Waals surface area (Å²) in [4.78, 5) is 2.38. The average Bonchev–Trinajstić information content (AvgIpc) is 2.47. The summed E-state index contributed by atoms with van der Waals surface area (Å²) in [5, 5.41) is 3.47. The van der Waals surface area contributed by atoms with Crippen molar-refractivity contribution < 1.29 is 9.47 Å². The van der Waals surface area contributed by atoms with Crippen molar-refractivity contribution in [2.24, 2.45) is 5.92 Å². The lowest BCUT2D eigenvalue weighted by Gasteiger charge is -2.27. The summed E-state index contributed by atoms with van der Waals surface area (Å²) in [6, 6.07) is 6.07. The average molecular weight is 315 g/mol. The molecular formula is C16H27ClN2O2. The molecule has 0 aromatic heterocycles. The molecule has 0 amide bonds. The zero-order chi connectivity index (χ0) is 14.4. The number of piperidine rings is 1. The third-order valence-electron chi connectivity index (χ3n) is 3.83. The van der Waals surface area contributed by atoms with Gasteiger partial charge in [0.2, 0.25) is 0 Å². The van der Waals surface area contributed by atoms with Gasteiger partial charge < -0.3 is 19.7 Å². The van der Waals surface area contributed by atoms with Crippen LogP contribution in [0.2, 0.25) is 0 Å². The minimum absolute atomic E-state index is 0. The minimum atomic E-state index is 0. The molecule has 1 fully saturated rings. The van der Waals surface area contributed by atoms with E-state index in [2.05, 4.69) is 29.4 Å². The maximum absolute atomic E-state index is 5.32. The Kier molecular flexibility index (Phi) is 7.86. The lowest BCUT2D eigenvalue weighted by molar-refractivity contribution is 0.237. The van der Waals surface area contributed by atoms with Gasteiger partial charge in [-0.25, -0.2) is 0 Å². The lowest BCUT2D eigenvalue weighted by atomic mass is 9.99. The molecular weight excluding hydrogens is 288 g/mol. The van der Waals surface area contributed by atoms with E-state index in [4.69, 9.17) is 9.47 Å². The van der Waals surface area contributed by atoms with Crippen molar-refractivity contribution in [3.63, 3.8) is 0 Å². The van der Waals surface area contributed by atoms with Crippen LogP contribution < -0.4 is 14.8 Å². The molecule has 4 nitrogen and oxygen atoms in total. The van der Waals surface area contributed by atoms with Gasteiger partial charge in [0.1, 0.15) is 11.5 Å². The summed E-state index contributed by atoms with van der Waals surface area (Å²) < 4.78 is 10.6. The van der Waals surface area contributed by atoms with Gasteiger partial charge in [0, 0.05) is 19.2 Å². The number of hydrogen-bond donors (Lipinski definition) is 1. The molecule has 1 aliphatic heterocycles. The number of benzene rings is 1. The van der Waals surface area contributed by atoms with Crippen LogP contribution >= 0.6 is 12.4 Å². The SMILES string of the molecule is COc1cc(CN(C)CC2CCCNC2)cc(OC)c1.Cl. The number of methoxy groups -OCH3 is 2. The number of nitrogens with one attached hydrogen (secondary N) is 1. The van der Waals surface area contributed by atoms with Gasteiger partial charge in [0.05, 0.1) is 14.2 Å². The molecule has 1 heterocycles. The zero-order valence-electron chi connectivity index (χ0n) is 13.2. The summed E-state index contributed by atoms with van der Waals surface area (Å²) >= 11 is 0. The third-order valence-corrected chi connectivity index (χ3v) is 3.83. The standard InChI is InChI=1S/C16H26N2O2.ClH/c1-18(11-13-5-4-6-17-10-13)12-14-7-15(19-2)9-16(8-14)20-3;/h7-9,13,17H,4-6,10-12H2,1-3H3;1H. The summed E-state index contributed by atoms with van der Waals surface area (Å²) in [5.41, 5.74) is 1.23. The summed E-state index contributed by atoms with van der Waals surface area (Å²) in [5.74, 6) is 2.47. The van der Waals surface area contributed by atoms with Crippen molar-refractivity contribution in [1.29, 1.82) is 0 Å². The fraction of sp³-hybridized carbons (Fsp3) is 0.625. The molecule has 0 radical (unpaired) electrons. The monoisotopic (exact) mass is 314 g/mol. The zero-order valence-corrected chi connectivity index (χ0v) is 14.0. The van der Waals surface area contributed by atoms with Gasteiger partial charge in [-0.3, -0.25) is 0 Å². The highest BCUT2D eigenvalue weighted by Gasteiger charge is 2.15. The fourth-order valence-electron chi connectivity index (χ4n) is 2.85. The molecule has 0 aliphatic carbocycles. The highest BCUT2D eigenvalue weighted by molar-refractivity contribution is 5.85. The predicted molar refractivity (Wildman–Crippen MR) is 88.7 cm³/mol. The Balaban J connectivity index is 0.00000220. The Bertz CT molecular complexity index is 400. The van der Waals surface area contributed by atoms with E-state index in [9.17, 15) is 0 Å². The van der Waals surface area contributed by atoms with E-state index in [0.29, 0.717) is 0 Å². The molecule has 0 saturated carbocycles. The second kappa shape index (κ2) is 9.13. The molecule has 5 heteroatoms. The van der Waals surface area contributed by atoms with E-state index in [1.807, 2.05) is 6.07 Å². The van der Waals surface area contributed by atoms with Crippen LogP contribution in [-0.4, -0.2) is 45.8 Å². The second-order valence-corrected chi connectivity index (χ2v) is 5.63. The van der Waals surface area contributed by atoms with E-state index < -0.39 is 0 Å². The van der Waals surface area contributed by atoms with E-state index in [1.54, 1.807) is 14.2 Å². The molecule has 1 atom stereocenters. The molecule has 1 unspecified atom stereocenters. The van der Waals surface area contributed by atoms with Crippen LogP contribution in [-0.2, 0) is 6.54 Å². The number of rotatable bonds is 6. The smallest absolute Gasteiger partial charge is 0.122 e. The normalized spacial score (nSPS) is 18.2. The highest BCUT2D eigenvalue weighted by atomic mass is 35.5. The first-order chi connectivity index (χ1) is 9.71. The summed E-state index contributed by atoms with van der Waals surface area (Å²) in [6.07, 6.45) is 2.63. The molecule has 120 valence electrons. The van der Waals surface area contributed by atoms with E-state index in [1.165, 1.54) is 24.9 Å². The molecule has 0 bridgehead atoms. The Morgan fingerprint density at radius 1 is 1.19 bits per heavy atom. The van der Waals surface area contributed by atoms with Crippen LogP contribution in [0.15, 0.2) is 18.2 Å². The first-order valence-electron chi connectivity index (χ1n) is 7.32. The maximum Gasteiger partial charge on any atom is 0.122 e. The van der Waals surface area contributed by atoms with Crippen molar-refractivity contribution in [2.75, 3.05) is 40.9 Å². The predicted octanol–water partition coefficient (Wildman–Crippen LogP) is 2.56. The van der Waals surface area contributed by atoms with Gasteiger partial charge in [0.25, 0.3) is 0 Å². The Hall–Kier alpha value is -0.970. The van der Waals surface area contributed by atoms with Crippen LogP contribution in [0.1, 0.15) is 18.4 Å². The topological polar surface area (TPSA) is 33.7 Å². The van der Waals surface area contributed by atoms with Crippen molar-refractivity contribution in [3.8, 4) is 11.5 Å². The maximum atomic E-state index is 5.32. The van der Waals surface area contributed by atoms with E-state index >= 15 is 0 Å². The number of nitrogens with zero attached hydrogens (tertiary/aromatic N) is 1. The Morgan fingerprint density at radius 2 is 1.86 bits per heavy atom. The van der Waals surface area contributed by atoms with Crippen LogP contribution in [0.3, 0.4) is 0 Å². The molecule has 1 aromatic carbocycles. The van der Waals surface area contributed by atoms with Crippen LogP contribution in [0.25, 0.3) is 0 Å². The molecule has 2 rings (SSSR count). The largest absolute Gasteiger partial charge is 0.497 e. The molecule has 1 N–H and O–H groups in total. The lowest BCUT2D eigenvalue weighted by Crippen LogP contribution is -2.36. The van der Waals surface area contributed by atoms with Gasteiger partial charge in [-0.1, -0.05) is 0 Å². The van der Waals surface area contributed by atoms with Crippen LogP contribution in [0.5, 0.6) is 11.5 Å². The second-order valence-electron chi connectivity index (χ2n) is 5.63. The van der Waals surface area contributed by atoms with Gasteiger partial charge >= 0.3 is 0 Å². The van der Waals surface area contributed by atoms with Gasteiger partial charge in [-0.05, 0) is 56.6 Å². The number of ether oxygens (including phenoxy) is 2. The molecule has 0 spiro atoms. The summed E-state index contributed by atoms with van der Waals surface area (Å²) in [7, 11) is 5.56. The Labute approximate surface area is 134 Å². The van der Waals surface area contributed by atoms with Gasteiger partial charge in [0.15, 0.2) is 0 Å². The van der Waals surface area contributed by atoms with Gasteiger partial charge in [-0.15, -0.1) is 12.4 Å². The fourth-order valence-corrected chi connectivity index (χ4v) is 2.85. The number of halogens is 1. The summed E-state index contributed by atoms with van der Waals surface area (Å²) in [6.45, 7) is 4.37. The van der Waals surface area contributed by atoms with E-state index in [-0.39, 0.29) is 12.4 Å². The van der Waals surface area contributed by atoms with Crippen LogP contribution in [0.4, 0.5) is 0 Å². The number of hydrogen-bond acceptors (Lipinski definition) is 4. The Morgan fingerprint density at radius 3 is 2.38 bits per heavy atom. The van der Waals surface area contributed by atoms with Crippen molar-refractivity contribution in [2.45, 2.75) is 19.4 Å². The highest BCUT2D eigenvalue weighted by Crippen LogP contribution is 2.23. The quantitative estimate of drug-likeness (QED) is 0.875. The minimum Gasteiger partial charge on any atom is -0.497 e.